The fourth-order valence-corrected chi connectivity index (χ4v) is 3.68. The summed E-state index contributed by atoms with van der Waals surface area (Å²) in [6, 6.07) is 15.1. The average Bonchev–Trinajstić information content (AvgIpc) is 2.92. The maximum absolute atomic E-state index is 12.8. The number of aromatic nitrogens is 1. The average molecular weight is 405 g/mol. The van der Waals surface area contributed by atoms with Gasteiger partial charge in [-0.15, -0.1) is 0 Å². The number of nitrogens with zero attached hydrogens (tertiary/aromatic N) is 2. The summed E-state index contributed by atoms with van der Waals surface area (Å²) in [6.45, 7) is 0.497. The molecule has 124 valence electrons. The smallest absolute Gasteiger partial charge is 0.256 e. The number of hydrogen-bond acceptors (Lipinski definition) is 2. The number of halogens is 1. The second kappa shape index (κ2) is 6.91. The van der Waals surface area contributed by atoms with Crippen LogP contribution in [0, 0.1) is 0 Å². The van der Waals surface area contributed by atoms with Crippen LogP contribution in [-0.2, 0) is 17.3 Å². The summed E-state index contributed by atoms with van der Waals surface area (Å²) in [6.07, 6.45) is 3.57. The molecule has 0 bridgehead atoms. The molecule has 24 heavy (non-hydrogen) atoms. The van der Waals surface area contributed by atoms with Gasteiger partial charge in [0, 0.05) is 41.7 Å². The van der Waals surface area contributed by atoms with E-state index >= 15 is 0 Å². The third-order valence-corrected chi connectivity index (χ3v) is 5.43. The molecule has 0 aliphatic heterocycles. The highest BCUT2D eigenvalue weighted by Gasteiger charge is 2.18. The van der Waals surface area contributed by atoms with Crippen LogP contribution in [0.15, 0.2) is 64.2 Å². The molecule has 4 nitrogen and oxygen atoms in total. The second-order valence-electron chi connectivity index (χ2n) is 5.60. The van der Waals surface area contributed by atoms with Gasteiger partial charge in [0.15, 0.2) is 0 Å². The number of carbonyl (C=O) groups excluding carboxylic acids is 1. The standard InChI is InChI=1S/C18H17BrN2O2S/c1-20(12-13-6-8-14(9-7-13)24(2)23)18(22)15-11-17(19)21-10-4-3-5-16(15)21/h3-11H,12H2,1-2H3. The van der Waals surface area contributed by atoms with E-state index in [1.807, 2.05) is 59.1 Å². The lowest BCUT2D eigenvalue weighted by Crippen LogP contribution is -2.26. The Bertz CT molecular complexity index is 918. The van der Waals surface area contributed by atoms with Crippen LogP contribution in [-0.4, -0.2) is 32.7 Å². The highest BCUT2D eigenvalue weighted by Crippen LogP contribution is 2.23. The Morgan fingerprint density at radius 2 is 1.92 bits per heavy atom. The quantitative estimate of drug-likeness (QED) is 0.664. The van der Waals surface area contributed by atoms with E-state index < -0.39 is 10.8 Å². The van der Waals surface area contributed by atoms with Gasteiger partial charge in [-0.25, -0.2) is 0 Å². The maximum atomic E-state index is 12.8. The normalized spacial score (nSPS) is 12.3. The van der Waals surface area contributed by atoms with Crippen molar-refractivity contribution in [3.63, 3.8) is 0 Å². The molecule has 6 heteroatoms. The molecule has 2 aromatic heterocycles. The van der Waals surface area contributed by atoms with Crippen molar-refractivity contribution in [1.82, 2.24) is 9.30 Å². The van der Waals surface area contributed by atoms with Crippen molar-refractivity contribution < 1.29 is 9.00 Å². The Kier molecular flexibility index (Phi) is 4.87. The number of carbonyl (C=O) groups is 1. The van der Waals surface area contributed by atoms with E-state index in [4.69, 9.17) is 0 Å². The van der Waals surface area contributed by atoms with Gasteiger partial charge in [0.05, 0.1) is 15.7 Å². The molecule has 2 heterocycles. The lowest BCUT2D eigenvalue weighted by Gasteiger charge is -2.17. The van der Waals surface area contributed by atoms with E-state index in [0.29, 0.717) is 12.1 Å². The minimum absolute atomic E-state index is 0.0347. The summed E-state index contributed by atoms with van der Waals surface area (Å²) in [4.78, 5) is 15.3. The van der Waals surface area contributed by atoms with Gasteiger partial charge in [0.1, 0.15) is 0 Å². The van der Waals surface area contributed by atoms with Crippen molar-refractivity contribution in [3.8, 4) is 0 Å². The van der Waals surface area contributed by atoms with Crippen LogP contribution in [0.5, 0.6) is 0 Å². The summed E-state index contributed by atoms with van der Waals surface area (Å²) in [5, 5.41) is 0. The van der Waals surface area contributed by atoms with Gasteiger partial charge in [-0.3, -0.25) is 9.00 Å². The van der Waals surface area contributed by atoms with E-state index in [0.717, 1.165) is 20.6 Å². The lowest BCUT2D eigenvalue weighted by atomic mass is 10.2. The minimum Gasteiger partial charge on any atom is -0.337 e. The number of rotatable bonds is 4. The zero-order valence-corrected chi connectivity index (χ0v) is 15.8. The zero-order chi connectivity index (χ0) is 17.3. The van der Waals surface area contributed by atoms with Crippen LogP contribution in [0.4, 0.5) is 0 Å². The molecular formula is C18H17BrN2O2S. The first-order valence-corrected chi connectivity index (χ1v) is 9.76. The molecule has 3 rings (SSSR count). The largest absolute Gasteiger partial charge is 0.337 e. The predicted molar refractivity (Wildman–Crippen MR) is 99.7 cm³/mol. The van der Waals surface area contributed by atoms with Crippen LogP contribution >= 0.6 is 15.9 Å². The summed E-state index contributed by atoms with van der Waals surface area (Å²) >= 11 is 3.49. The van der Waals surface area contributed by atoms with Crippen molar-refractivity contribution in [2.45, 2.75) is 11.4 Å². The fraction of sp³-hybridized carbons (Fsp3) is 0.167. The number of pyridine rings is 1. The first-order chi connectivity index (χ1) is 11.5. The van der Waals surface area contributed by atoms with Crippen LogP contribution in [0.3, 0.4) is 0 Å². The van der Waals surface area contributed by atoms with Crippen molar-refractivity contribution in [2.75, 3.05) is 13.3 Å². The van der Waals surface area contributed by atoms with Gasteiger partial charge in [0.2, 0.25) is 0 Å². The molecule has 3 aromatic rings. The number of amides is 1. The lowest BCUT2D eigenvalue weighted by molar-refractivity contribution is 0.0787. The third-order valence-electron chi connectivity index (χ3n) is 3.88. The molecule has 1 aromatic carbocycles. The van der Waals surface area contributed by atoms with Gasteiger partial charge >= 0.3 is 0 Å². The molecule has 0 radical (unpaired) electrons. The molecule has 0 aliphatic carbocycles. The summed E-state index contributed by atoms with van der Waals surface area (Å²) in [5.41, 5.74) is 2.54. The molecule has 1 amide bonds. The molecule has 0 spiro atoms. The topological polar surface area (TPSA) is 41.8 Å². The van der Waals surface area contributed by atoms with Crippen molar-refractivity contribution in [1.29, 1.82) is 0 Å². The molecule has 0 aliphatic rings. The molecule has 0 N–H and O–H groups in total. The predicted octanol–water partition coefficient (Wildman–Crippen LogP) is 3.71. The Hall–Kier alpha value is -1.92. The van der Waals surface area contributed by atoms with Crippen LogP contribution in [0.1, 0.15) is 15.9 Å². The van der Waals surface area contributed by atoms with Crippen molar-refractivity contribution in [2.24, 2.45) is 0 Å². The molecular weight excluding hydrogens is 388 g/mol. The molecule has 0 saturated carbocycles. The van der Waals surface area contributed by atoms with E-state index in [9.17, 15) is 9.00 Å². The van der Waals surface area contributed by atoms with Crippen molar-refractivity contribution in [3.05, 3.63) is 70.5 Å². The molecule has 1 atom stereocenters. The number of hydrogen-bond donors (Lipinski definition) is 0. The van der Waals surface area contributed by atoms with Gasteiger partial charge in [-0.1, -0.05) is 18.2 Å². The fourth-order valence-electron chi connectivity index (χ4n) is 2.62. The number of benzene rings is 1. The summed E-state index contributed by atoms with van der Waals surface area (Å²) in [7, 11) is 0.796. The SMILES string of the molecule is CN(Cc1ccc(S(C)=O)cc1)C(=O)c1cc(Br)n2ccccc12. The Labute approximate surface area is 151 Å². The van der Waals surface area contributed by atoms with Gasteiger partial charge in [0.25, 0.3) is 5.91 Å². The van der Waals surface area contributed by atoms with E-state index in [1.54, 1.807) is 18.2 Å². The Morgan fingerprint density at radius 1 is 1.21 bits per heavy atom. The highest BCUT2D eigenvalue weighted by atomic mass is 79.9. The minimum atomic E-state index is -0.990. The number of fused-ring (bicyclic) bond motifs is 1. The van der Waals surface area contributed by atoms with Gasteiger partial charge in [-0.05, 0) is 51.8 Å². The second-order valence-corrected chi connectivity index (χ2v) is 7.79. The van der Waals surface area contributed by atoms with Gasteiger partial charge in [-0.2, -0.15) is 0 Å². The van der Waals surface area contributed by atoms with Crippen molar-refractivity contribution >= 4 is 38.2 Å². The first-order valence-electron chi connectivity index (χ1n) is 7.41. The maximum Gasteiger partial charge on any atom is 0.256 e. The van der Waals surface area contributed by atoms with Crippen LogP contribution in [0.2, 0.25) is 0 Å². The monoisotopic (exact) mass is 404 g/mol. The zero-order valence-electron chi connectivity index (χ0n) is 13.4. The summed E-state index contributed by atoms with van der Waals surface area (Å²) < 4.78 is 14.2. The van der Waals surface area contributed by atoms with E-state index in [1.165, 1.54) is 0 Å². The van der Waals surface area contributed by atoms with E-state index in [2.05, 4.69) is 15.9 Å². The first kappa shape index (κ1) is 16.9. The molecule has 0 saturated heterocycles. The summed E-state index contributed by atoms with van der Waals surface area (Å²) in [5.74, 6) is -0.0347. The Morgan fingerprint density at radius 3 is 2.58 bits per heavy atom. The highest BCUT2D eigenvalue weighted by molar-refractivity contribution is 9.10. The van der Waals surface area contributed by atoms with Gasteiger partial charge < -0.3 is 9.30 Å². The molecule has 0 fully saturated rings. The Balaban J connectivity index is 1.82. The van der Waals surface area contributed by atoms with E-state index in [-0.39, 0.29) is 5.91 Å². The van der Waals surface area contributed by atoms with Crippen LogP contribution < -0.4 is 0 Å². The molecule has 1 unspecified atom stereocenters. The van der Waals surface area contributed by atoms with Crippen LogP contribution in [0.25, 0.3) is 5.52 Å². The third kappa shape index (κ3) is 3.30.